The van der Waals surface area contributed by atoms with Crippen molar-refractivity contribution < 1.29 is 4.39 Å². The molecule has 0 saturated carbocycles. The van der Waals surface area contributed by atoms with Crippen LogP contribution in [0.4, 0.5) is 4.39 Å². The van der Waals surface area contributed by atoms with E-state index in [1.165, 1.54) is 51.8 Å². The van der Waals surface area contributed by atoms with Crippen LogP contribution in [-0.2, 0) is 0 Å². The first-order chi connectivity index (χ1) is 12.1. The third-order valence-corrected chi connectivity index (χ3v) is 27.7. The van der Waals surface area contributed by atoms with E-state index < -0.39 is 26.6 Å². The Bertz CT molecular complexity index is 527. The zero-order valence-electron chi connectivity index (χ0n) is 18.7. The third-order valence-electron chi connectivity index (χ3n) is 6.62. The molecule has 0 aliphatic rings. The Labute approximate surface area is 167 Å². The second-order valence-electron chi connectivity index (χ2n) is 9.65. The number of aromatic nitrogens is 2. The van der Waals surface area contributed by atoms with E-state index in [9.17, 15) is 0 Å². The van der Waals surface area contributed by atoms with E-state index in [-0.39, 0.29) is 10.9 Å². The number of hydrogen-bond donors (Lipinski definition) is 0. The van der Waals surface area contributed by atoms with Crippen LogP contribution in [0.1, 0.15) is 80.1 Å². The first kappa shape index (κ1) is 24.2. The fraction of sp³-hybridized carbons (Fsp3) is 0.857. The van der Waals surface area contributed by atoms with Crippen molar-refractivity contribution in [3.05, 3.63) is 12.0 Å². The molecule has 152 valence electrons. The second-order valence-corrected chi connectivity index (χ2v) is 27.6. The quantitative estimate of drug-likeness (QED) is 0.308. The summed E-state index contributed by atoms with van der Waals surface area (Å²) in [5.74, 6) is 0.0222. The molecule has 1 heterocycles. The van der Waals surface area contributed by atoms with E-state index in [0.29, 0.717) is 0 Å². The molecular formula is C21H43FN2SiSn. The van der Waals surface area contributed by atoms with Gasteiger partial charge in [0.25, 0.3) is 0 Å². The van der Waals surface area contributed by atoms with Gasteiger partial charge >= 0.3 is 168 Å². The van der Waals surface area contributed by atoms with Gasteiger partial charge in [-0.2, -0.15) is 0 Å². The first-order valence-electron chi connectivity index (χ1n) is 10.8. The summed E-state index contributed by atoms with van der Waals surface area (Å²) in [5.41, 5.74) is 0. The fourth-order valence-electron chi connectivity index (χ4n) is 3.82. The number of unbranched alkanes of at least 4 members (excludes halogenated alkanes) is 3. The predicted octanol–water partition coefficient (Wildman–Crippen LogP) is 6.93. The van der Waals surface area contributed by atoms with Crippen molar-refractivity contribution in [2.24, 2.45) is 0 Å². The maximum absolute atomic E-state index is 15.3. The molecule has 0 aromatic carbocycles. The molecule has 0 aliphatic carbocycles. The molecule has 26 heavy (non-hydrogen) atoms. The molecule has 0 unspecified atom stereocenters. The maximum atomic E-state index is 15.3. The van der Waals surface area contributed by atoms with E-state index in [2.05, 4.69) is 59.0 Å². The standard InChI is InChI=1S/C9H16FN2Si.3C4H9.Sn/c1-9(2,3)13(4,5)12-7-8(10)6-11-12;3*1-3-4-2;/h6H,1-5H3;3*1,3-4H2,2H3;. The van der Waals surface area contributed by atoms with Crippen LogP contribution in [0.15, 0.2) is 6.20 Å². The Morgan fingerprint density at radius 3 is 1.73 bits per heavy atom. The van der Waals surface area contributed by atoms with Gasteiger partial charge in [0.2, 0.25) is 0 Å². The SMILES string of the molecule is CCC[CH2][Sn]([CH2]CCC)([CH2]CCC)[c]1c(F)cnn1[Si](C)(C)C(C)(C)C. The van der Waals surface area contributed by atoms with Gasteiger partial charge in [0, 0.05) is 0 Å². The van der Waals surface area contributed by atoms with Crippen molar-refractivity contribution in [3.63, 3.8) is 0 Å². The average Bonchev–Trinajstić information content (AvgIpc) is 2.96. The summed E-state index contributed by atoms with van der Waals surface area (Å²) in [6.07, 6.45) is 8.96. The average molecular weight is 489 g/mol. The van der Waals surface area contributed by atoms with Gasteiger partial charge in [-0.25, -0.2) is 0 Å². The monoisotopic (exact) mass is 490 g/mol. The third kappa shape index (κ3) is 5.36. The van der Waals surface area contributed by atoms with Gasteiger partial charge < -0.3 is 0 Å². The van der Waals surface area contributed by atoms with E-state index >= 15 is 4.39 Å². The van der Waals surface area contributed by atoms with Gasteiger partial charge in [0.15, 0.2) is 0 Å². The summed E-state index contributed by atoms with van der Waals surface area (Å²) in [4.78, 5) is 0. The van der Waals surface area contributed by atoms with Crippen LogP contribution in [0, 0.1) is 5.82 Å². The van der Waals surface area contributed by atoms with Crippen LogP contribution >= 0.6 is 0 Å². The zero-order chi connectivity index (χ0) is 20.0. The molecule has 1 rings (SSSR count). The van der Waals surface area contributed by atoms with Gasteiger partial charge in [0.05, 0.1) is 0 Å². The van der Waals surface area contributed by atoms with Crippen molar-refractivity contribution in [1.29, 1.82) is 0 Å². The Kier molecular flexibility index (Phi) is 9.38. The van der Waals surface area contributed by atoms with E-state index in [0.717, 1.165) is 3.71 Å². The Morgan fingerprint density at radius 2 is 1.38 bits per heavy atom. The Balaban J connectivity index is 3.56. The van der Waals surface area contributed by atoms with Crippen LogP contribution in [0.2, 0.25) is 31.4 Å². The topological polar surface area (TPSA) is 17.8 Å². The minimum absolute atomic E-state index is 0.0222. The summed E-state index contributed by atoms with van der Waals surface area (Å²) < 4.78 is 22.6. The summed E-state index contributed by atoms with van der Waals surface area (Å²) >= 11 is -2.84. The van der Waals surface area contributed by atoms with E-state index in [1.54, 1.807) is 6.20 Å². The van der Waals surface area contributed by atoms with Gasteiger partial charge in [-0.1, -0.05) is 0 Å². The second kappa shape index (κ2) is 10.1. The molecule has 0 amide bonds. The molecule has 0 saturated heterocycles. The van der Waals surface area contributed by atoms with Crippen LogP contribution in [-0.4, -0.2) is 36.1 Å². The number of hydrogen-bond acceptors (Lipinski definition) is 1. The number of halogens is 1. The Hall–Kier alpha value is 0.156. The normalized spacial score (nSPS) is 13.4. The van der Waals surface area contributed by atoms with Crippen LogP contribution in [0.25, 0.3) is 0 Å². The fourth-order valence-corrected chi connectivity index (χ4v) is 25.5. The molecule has 0 spiro atoms. The number of rotatable bonds is 11. The molecule has 1 aromatic heterocycles. The summed E-state index contributed by atoms with van der Waals surface area (Å²) in [6.45, 7) is 18.5. The first-order valence-corrected chi connectivity index (χ1v) is 21.2. The van der Waals surface area contributed by atoms with Crippen LogP contribution < -0.4 is 3.71 Å². The molecule has 5 heteroatoms. The molecule has 0 atom stereocenters. The molecule has 0 bridgehead atoms. The van der Waals surface area contributed by atoms with Gasteiger partial charge in [-0.05, 0) is 0 Å². The van der Waals surface area contributed by atoms with Crippen molar-refractivity contribution in [2.45, 2.75) is 112 Å². The summed E-state index contributed by atoms with van der Waals surface area (Å²) in [5, 5.41) is 4.86. The zero-order valence-corrected chi connectivity index (χ0v) is 22.6. The van der Waals surface area contributed by atoms with E-state index in [1.807, 2.05) is 0 Å². The molecule has 2 nitrogen and oxygen atoms in total. The van der Waals surface area contributed by atoms with Crippen molar-refractivity contribution in [2.75, 3.05) is 0 Å². The molecule has 0 radical (unpaired) electrons. The van der Waals surface area contributed by atoms with Gasteiger partial charge in [-0.15, -0.1) is 0 Å². The predicted molar refractivity (Wildman–Crippen MR) is 119 cm³/mol. The van der Waals surface area contributed by atoms with Crippen molar-refractivity contribution in [1.82, 2.24) is 9.45 Å². The van der Waals surface area contributed by atoms with E-state index in [4.69, 9.17) is 5.10 Å². The minimum atomic E-state index is -2.84. The summed E-state index contributed by atoms with van der Waals surface area (Å²) in [6, 6.07) is 0. The van der Waals surface area contributed by atoms with Crippen LogP contribution in [0.5, 0.6) is 0 Å². The molecule has 0 fully saturated rings. The van der Waals surface area contributed by atoms with Crippen LogP contribution in [0.3, 0.4) is 0 Å². The molecule has 0 N–H and O–H groups in total. The van der Waals surface area contributed by atoms with Gasteiger partial charge in [-0.3, -0.25) is 0 Å². The van der Waals surface area contributed by atoms with Crippen molar-refractivity contribution in [3.8, 4) is 0 Å². The molecule has 0 aliphatic heterocycles. The number of nitrogens with zero attached hydrogens (tertiary/aromatic N) is 2. The molecule has 1 aromatic rings. The Morgan fingerprint density at radius 1 is 0.962 bits per heavy atom. The summed E-state index contributed by atoms with van der Waals surface area (Å²) in [7, 11) is -1.91. The van der Waals surface area contributed by atoms with Gasteiger partial charge in [0.1, 0.15) is 0 Å². The molecular weight excluding hydrogens is 446 g/mol. The van der Waals surface area contributed by atoms with Crippen molar-refractivity contribution >= 4 is 30.3 Å².